The maximum atomic E-state index is 13.6. The van der Waals surface area contributed by atoms with Gasteiger partial charge in [0.25, 0.3) is 0 Å². The first-order valence-corrected chi connectivity index (χ1v) is 14.5. The predicted octanol–water partition coefficient (Wildman–Crippen LogP) is 6.98. The molecule has 0 aliphatic heterocycles. The molecule has 3 aromatic carbocycles. The SMILES string of the molecule is CCCCn1c(C(Sc2ccc(OCC(=O)OCC)cc2C)c2ccccc2)nn(-c2ccc(C(F)(F)F)cc2)c1=O. The summed E-state index contributed by atoms with van der Waals surface area (Å²) in [5.74, 6) is 0.561. The minimum atomic E-state index is -4.48. The Kier molecular flexibility index (Phi) is 10.2. The minimum absolute atomic E-state index is 0.197. The van der Waals surface area contributed by atoms with E-state index in [0.717, 1.165) is 41.0 Å². The Morgan fingerprint density at radius 1 is 1.02 bits per heavy atom. The summed E-state index contributed by atoms with van der Waals surface area (Å²) < 4.78 is 52.7. The van der Waals surface area contributed by atoms with Gasteiger partial charge in [-0.25, -0.2) is 9.59 Å². The van der Waals surface area contributed by atoms with E-state index < -0.39 is 28.6 Å². The summed E-state index contributed by atoms with van der Waals surface area (Å²) in [6.07, 6.45) is -2.92. The molecule has 0 radical (unpaired) electrons. The zero-order chi connectivity index (χ0) is 30.3. The summed E-state index contributed by atoms with van der Waals surface area (Å²) in [5, 5.41) is 4.29. The van der Waals surface area contributed by atoms with Gasteiger partial charge < -0.3 is 9.47 Å². The van der Waals surface area contributed by atoms with Crippen molar-refractivity contribution >= 4 is 17.7 Å². The number of esters is 1. The van der Waals surface area contributed by atoms with Crippen molar-refractivity contribution < 1.29 is 27.4 Å². The zero-order valence-corrected chi connectivity index (χ0v) is 24.4. The molecule has 0 aliphatic carbocycles. The molecule has 1 atom stereocenters. The van der Waals surface area contributed by atoms with E-state index in [9.17, 15) is 22.8 Å². The highest BCUT2D eigenvalue weighted by atomic mass is 32.2. The smallest absolute Gasteiger partial charge is 0.416 e. The van der Waals surface area contributed by atoms with E-state index in [1.54, 1.807) is 17.6 Å². The molecule has 0 saturated carbocycles. The Bertz CT molecular complexity index is 1550. The number of hydrogen-bond donors (Lipinski definition) is 0. The molecule has 0 amide bonds. The van der Waals surface area contributed by atoms with Gasteiger partial charge in [0.15, 0.2) is 12.4 Å². The average molecular weight is 600 g/mol. The molecule has 0 fully saturated rings. The molecule has 1 unspecified atom stereocenters. The largest absolute Gasteiger partial charge is 0.482 e. The van der Waals surface area contributed by atoms with Crippen molar-refractivity contribution in [3.8, 4) is 11.4 Å². The molecule has 1 aromatic heterocycles. The van der Waals surface area contributed by atoms with Crippen LogP contribution in [0, 0.1) is 6.92 Å². The summed E-state index contributed by atoms with van der Waals surface area (Å²) in [6, 6.07) is 19.5. The van der Waals surface area contributed by atoms with Crippen LogP contribution in [0.2, 0.25) is 0 Å². The van der Waals surface area contributed by atoms with Crippen molar-refractivity contribution in [3.05, 3.63) is 106 Å². The highest BCUT2D eigenvalue weighted by molar-refractivity contribution is 7.99. The van der Waals surface area contributed by atoms with Crippen LogP contribution < -0.4 is 10.4 Å². The number of halogens is 3. The van der Waals surface area contributed by atoms with Gasteiger partial charge in [-0.1, -0.05) is 43.7 Å². The van der Waals surface area contributed by atoms with Crippen molar-refractivity contribution in [1.82, 2.24) is 14.3 Å². The standard InChI is InChI=1S/C31H32F3N3O4S/c1-4-6-18-36-29(35-37(30(36)39)24-14-12-23(13-15-24)31(32,33)34)28(22-10-8-7-9-11-22)42-26-17-16-25(19-21(26)3)41-20-27(38)40-5-2/h7-17,19,28H,4-6,18,20H2,1-3H3. The molecule has 0 bridgehead atoms. The number of nitrogens with zero attached hydrogens (tertiary/aromatic N) is 3. The summed E-state index contributed by atoms with van der Waals surface area (Å²) in [5.41, 5.74) is 0.839. The van der Waals surface area contributed by atoms with Crippen LogP contribution in [-0.2, 0) is 22.3 Å². The summed E-state index contributed by atoms with van der Waals surface area (Å²) in [7, 11) is 0. The number of benzene rings is 3. The molecule has 0 saturated heterocycles. The lowest BCUT2D eigenvalue weighted by molar-refractivity contribution is -0.145. The summed E-state index contributed by atoms with van der Waals surface area (Å²) in [6.45, 7) is 6.16. The Morgan fingerprint density at radius 3 is 2.36 bits per heavy atom. The third kappa shape index (κ3) is 7.44. The van der Waals surface area contributed by atoms with Crippen molar-refractivity contribution in [2.24, 2.45) is 0 Å². The lowest BCUT2D eigenvalue weighted by atomic mass is 10.1. The number of ether oxygens (including phenoxy) is 2. The molecule has 4 rings (SSSR count). The van der Waals surface area contributed by atoms with Crippen molar-refractivity contribution in [1.29, 1.82) is 0 Å². The molecule has 0 spiro atoms. The van der Waals surface area contributed by atoms with E-state index in [0.29, 0.717) is 18.1 Å². The highest BCUT2D eigenvalue weighted by Gasteiger charge is 2.31. The molecule has 11 heteroatoms. The Hall–Kier alpha value is -3.99. The second kappa shape index (κ2) is 13.8. The second-order valence-corrected chi connectivity index (χ2v) is 10.7. The summed E-state index contributed by atoms with van der Waals surface area (Å²) >= 11 is 1.50. The fourth-order valence-electron chi connectivity index (χ4n) is 4.31. The second-order valence-electron chi connectivity index (χ2n) is 9.53. The number of carbonyl (C=O) groups is 1. The molecule has 4 aromatic rings. The fourth-order valence-corrected chi connectivity index (χ4v) is 5.52. The van der Waals surface area contributed by atoms with Crippen LogP contribution in [0.25, 0.3) is 5.69 Å². The van der Waals surface area contributed by atoms with E-state index in [4.69, 9.17) is 14.6 Å². The molecular weight excluding hydrogens is 567 g/mol. The number of aromatic nitrogens is 3. The average Bonchev–Trinajstić information content (AvgIpc) is 3.30. The summed E-state index contributed by atoms with van der Waals surface area (Å²) in [4.78, 5) is 26.2. The van der Waals surface area contributed by atoms with Gasteiger partial charge >= 0.3 is 17.8 Å². The Morgan fingerprint density at radius 2 is 1.74 bits per heavy atom. The van der Waals surface area contributed by atoms with E-state index >= 15 is 0 Å². The fraction of sp³-hybridized carbons (Fsp3) is 0.323. The maximum absolute atomic E-state index is 13.6. The third-order valence-corrected chi connectivity index (χ3v) is 7.89. The van der Waals surface area contributed by atoms with Gasteiger partial charge in [-0.3, -0.25) is 4.57 Å². The number of aryl methyl sites for hydroxylation is 1. The van der Waals surface area contributed by atoms with Crippen LogP contribution in [0.15, 0.2) is 82.5 Å². The van der Waals surface area contributed by atoms with Gasteiger partial charge in [-0.05, 0) is 73.9 Å². The highest BCUT2D eigenvalue weighted by Crippen LogP contribution is 2.41. The van der Waals surface area contributed by atoms with Gasteiger partial charge in [-0.15, -0.1) is 16.9 Å². The van der Waals surface area contributed by atoms with Gasteiger partial charge in [0, 0.05) is 11.4 Å². The van der Waals surface area contributed by atoms with Crippen LogP contribution in [0.1, 0.15) is 54.5 Å². The van der Waals surface area contributed by atoms with E-state index in [2.05, 4.69) is 0 Å². The Balaban J connectivity index is 1.73. The molecule has 42 heavy (non-hydrogen) atoms. The van der Waals surface area contributed by atoms with E-state index in [1.165, 1.54) is 28.6 Å². The van der Waals surface area contributed by atoms with Crippen molar-refractivity contribution in [3.63, 3.8) is 0 Å². The monoisotopic (exact) mass is 599 g/mol. The number of rotatable bonds is 12. The van der Waals surface area contributed by atoms with Gasteiger partial charge in [0.1, 0.15) is 5.75 Å². The minimum Gasteiger partial charge on any atom is -0.482 e. The molecule has 222 valence electrons. The number of alkyl halides is 3. The lowest BCUT2D eigenvalue weighted by Gasteiger charge is -2.19. The van der Waals surface area contributed by atoms with Crippen LogP contribution >= 0.6 is 11.8 Å². The van der Waals surface area contributed by atoms with Gasteiger partial charge in [-0.2, -0.15) is 17.9 Å². The number of carbonyl (C=O) groups excluding carboxylic acids is 1. The van der Waals surface area contributed by atoms with E-state index in [1.807, 2.05) is 56.3 Å². The maximum Gasteiger partial charge on any atom is 0.416 e. The van der Waals surface area contributed by atoms with Crippen LogP contribution in [0.3, 0.4) is 0 Å². The number of hydrogen-bond acceptors (Lipinski definition) is 6. The van der Waals surface area contributed by atoms with E-state index in [-0.39, 0.29) is 18.9 Å². The van der Waals surface area contributed by atoms with Crippen LogP contribution in [-0.4, -0.2) is 33.5 Å². The van der Waals surface area contributed by atoms with Crippen molar-refractivity contribution in [2.45, 2.75) is 56.5 Å². The lowest BCUT2D eigenvalue weighted by Crippen LogP contribution is -2.25. The van der Waals surface area contributed by atoms with Crippen LogP contribution in [0.4, 0.5) is 13.2 Å². The third-order valence-electron chi connectivity index (χ3n) is 6.46. The predicted molar refractivity (Wildman–Crippen MR) is 155 cm³/mol. The Labute approximate surface area is 246 Å². The quantitative estimate of drug-likeness (QED) is 0.129. The topological polar surface area (TPSA) is 75.3 Å². The number of unbranched alkanes of at least 4 members (excludes halogenated alkanes) is 1. The molecule has 7 nitrogen and oxygen atoms in total. The van der Waals surface area contributed by atoms with Crippen molar-refractivity contribution in [2.75, 3.05) is 13.2 Å². The van der Waals surface area contributed by atoms with Gasteiger partial charge in [0.05, 0.1) is 23.1 Å². The molecule has 1 heterocycles. The van der Waals surface area contributed by atoms with Gasteiger partial charge in [0.2, 0.25) is 0 Å². The number of thioether (sulfide) groups is 1. The zero-order valence-electron chi connectivity index (χ0n) is 23.6. The first-order valence-electron chi connectivity index (χ1n) is 13.6. The molecular formula is C31H32F3N3O4S. The first kappa shape index (κ1) is 31.0. The molecule has 0 N–H and O–H groups in total. The van der Waals surface area contributed by atoms with Crippen LogP contribution in [0.5, 0.6) is 5.75 Å². The first-order chi connectivity index (χ1) is 20.1. The normalized spacial score (nSPS) is 12.2. The molecule has 0 aliphatic rings.